The molecule has 4 nitrogen and oxygen atoms in total. The van der Waals surface area contributed by atoms with Crippen molar-refractivity contribution < 1.29 is 4.79 Å². The molecule has 0 aliphatic rings. The smallest absolute Gasteiger partial charge is 0.238 e. The molecule has 0 atom stereocenters. The van der Waals surface area contributed by atoms with Crippen molar-refractivity contribution in [3.05, 3.63) is 23.8 Å². The van der Waals surface area contributed by atoms with Crippen molar-refractivity contribution in [1.29, 1.82) is 0 Å². The van der Waals surface area contributed by atoms with Crippen molar-refractivity contribution in [1.82, 2.24) is 4.90 Å². The zero-order chi connectivity index (χ0) is 15.3. The lowest BCUT2D eigenvalue weighted by atomic mass is 9.85. The van der Waals surface area contributed by atoms with E-state index in [0.29, 0.717) is 12.2 Å². The number of nitrogens with zero attached hydrogens (tertiary/aromatic N) is 1. The second-order valence-electron chi connectivity index (χ2n) is 6.06. The lowest BCUT2D eigenvalue weighted by Crippen LogP contribution is -2.33. The molecule has 0 radical (unpaired) electrons. The molecule has 0 aromatic heterocycles. The molecule has 0 spiro atoms. The summed E-state index contributed by atoms with van der Waals surface area (Å²) in [5, 5.41) is 3.00. The maximum absolute atomic E-state index is 12.1. The van der Waals surface area contributed by atoms with Gasteiger partial charge in [-0.15, -0.1) is 0 Å². The number of amides is 1. The number of likely N-dealkylation sites (N-methyl/N-ethyl adjacent to an activating group) is 1. The minimum atomic E-state index is -0.0362. The first-order chi connectivity index (χ1) is 9.27. The molecule has 1 aromatic carbocycles. The molecule has 0 aliphatic heterocycles. The Hall–Kier alpha value is -1.55. The summed E-state index contributed by atoms with van der Waals surface area (Å²) in [4.78, 5) is 14.2. The zero-order valence-corrected chi connectivity index (χ0v) is 13.3. The minimum absolute atomic E-state index is 0.00444. The SMILES string of the molecule is CCN(CC)CC(=O)Nc1cc(N)ccc1C(C)(C)C. The van der Waals surface area contributed by atoms with Crippen molar-refractivity contribution in [3.8, 4) is 0 Å². The Morgan fingerprint density at radius 2 is 1.85 bits per heavy atom. The Morgan fingerprint density at radius 3 is 2.35 bits per heavy atom. The van der Waals surface area contributed by atoms with Gasteiger partial charge in [0.05, 0.1) is 6.54 Å². The third kappa shape index (κ3) is 4.53. The molecule has 1 amide bonds. The topological polar surface area (TPSA) is 58.4 Å². The lowest BCUT2D eigenvalue weighted by Gasteiger charge is -2.24. The van der Waals surface area contributed by atoms with Crippen molar-refractivity contribution in [2.75, 3.05) is 30.7 Å². The van der Waals surface area contributed by atoms with Gasteiger partial charge in [-0.2, -0.15) is 0 Å². The van der Waals surface area contributed by atoms with Crippen LogP contribution in [0.1, 0.15) is 40.2 Å². The van der Waals surface area contributed by atoms with E-state index >= 15 is 0 Å². The Bertz CT molecular complexity index is 459. The highest BCUT2D eigenvalue weighted by Gasteiger charge is 2.19. The predicted octanol–water partition coefficient (Wildman–Crippen LogP) is 2.85. The van der Waals surface area contributed by atoms with Crippen LogP contribution in [0.4, 0.5) is 11.4 Å². The largest absolute Gasteiger partial charge is 0.399 e. The fourth-order valence-electron chi connectivity index (χ4n) is 2.16. The summed E-state index contributed by atoms with van der Waals surface area (Å²) in [5.74, 6) is 0.00444. The molecule has 0 saturated heterocycles. The van der Waals surface area contributed by atoms with Crippen LogP contribution in [-0.2, 0) is 10.2 Å². The number of hydrogen-bond acceptors (Lipinski definition) is 3. The fourth-order valence-corrected chi connectivity index (χ4v) is 2.16. The number of benzene rings is 1. The Balaban J connectivity index is 2.91. The molecule has 0 unspecified atom stereocenters. The highest BCUT2D eigenvalue weighted by Crippen LogP contribution is 2.31. The first kappa shape index (κ1) is 16.5. The molecule has 0 aliphatic carbocycles. The van der Waals surface area contributed by atoms with Gasteiger partial charge in [-0.05, 0) is 36.2 Å². The van der Waals surface area contributed by atoms with E-state index in [-0.39, 0.29) is 11.3 Å². The van der Waals surface area contributed by atoms with Crippen LogP contribution in [0.25, 0.3) is 0 Å². The molecule has 0 heterocycles. The summed E-state index contributed by atoms with van der Waals surface area (Å²) in [6.07, 6.45) is 0. The second-order valence-corrected chi connectivity index (χ2v) is 6.06. The van der Waals surface area contributed by atoms with Crippen LogP contribution in [-0.4, -0.2) is 30.4 Å². The van der Waals surface area contributed by atoms with Crippen LogP contribution in [0.3, 0.4) is 0 Å². The Morgan fingerprint density at radius 1 is 1.25 bits per heavy atom. The average molecular weight is 277 g/mol. The maximum Gasteiger partial charge on any atom is 0.238 e. The molecule has 1 rings (SSSR count). The summed E-state index contributed by atoms with van der Waals surface area (Å²) in [5.41, 5.74) is 8.38. The highest BCUT2D eigenvalue weighted by atomic mass is 16.2. The van der Waals surface area contributed by atoms with Crippen molar-refractivity contribution in [3.63, 3.8) is 0 Å². The van der Waals surface area contributed by atoms with E-state index in [0.717, 1.165) is 24.3 Å². The van der Waals surface area contributed by atoms with Gasteiger partial charge < -0.3 is 11.1 Å². The maximum atomic E-state index is 12.1. The number of rotatable bonds is 5. The summed E-state index contributed by atoms with van der Waals surface area (Å²) in [6, 6.07) is 5.70. The molecular weight excluding hydrogens is 250 g/mol. The number of nitrogen functional groups attached to an aromatic ring is 1. The van der Waals surface area contributed by atoms with Crippen LogP contribution in [0, 0.1) is 0 Å². The van der Waals surface area contributed by atoms with Gasteiger partial charge in [0.15, 0.2) is 0 Å². The third-order valence-corrected chi connectivity index (χ3v) is 3.39. The van der Waals surface area contributed by atoms with Gasteiger partial charge in [0.1, 0.15) is 0 Å². The number of nitrogens with two attached hydrogens (primary N) is 1. The van der Waals surface area contributed by atoms with E-state index in [4.69, 9.17) is 5.73 Å². The second kappa shape index (κ2) is 6.75. The highest BCUT2D eigenvalue weighted by molar-refractivity contribution is 5.93. The first-order valence-electron chi connectivity index (χ1n) is 7.20. The average Bonchev–Trinajstić information content (AvgIpc) is 2.34. The zero-order valence-electron chi connectivity index (χ0n) is 13.3. The molecule has 4 heteroatoms. The molecule has 112 valence electrons. The van der Waals surface area contributed by atoms with Gasteiger partial charge in [-0.25, -0.2) is 0 Å². The van der Waals surface area contributed by atoms with Gasteiger partial charge in [-0.3, -0.25) is 9.69 Å². The molecular formula is C16H27N3O. The number of hydrogen-bond donors (Lipinski definition) is 2. The first-order valence-corrected chi connectivity index (χ1v) is 7.20. The van der Waals surface area contributed by atoms with Gasteiger partial charge in [-0.1, -0.05) is 40.7 Å². The van der Waals surface area contributed by atoms with Crippen molar-refractivity contribution in [2.24, 2.45) is 0 Å². The molecule has 1 aromatic rings. The molecule has 20 heavy (non-hydrogen) atoms. The van der Waals surface area contributed by atoms with Crippen LogP contribution in [0.15, 0.2) is 18.2 Å². The number of carbonyl (C=O) groups is 1. The minimum Gasteiger partial charge on any atom is -0.399 e. The molecule has 0 fully saturated rings. The van der Waals surface area contributed by atoms with Crippen LogP contribution < -0.4 is 11.1 Å². The summed E-state index contributed by atoms with van der Waals surface area (Å²) in [7, 11) is 0. The third-order valence-electron chi connectivity index (χ3n) is 3.39. The molecule has 3 N–H and O–H groups in total. The quantitative estimate of drug-likeness (QED) is 0.814. The van der Waals surface area contributed by atoms with Crippen LogP contribution in [0.2, 0.25) is 0 Å². The lowest BCUT2D eigenvalue weighted by molar-refractivity contribution is -0.117. The monoisotopic (exact) mass is 277 g/mol. The normalized spacial score (nSPS) is 11.7. The van der Waals surface area contributed by atoms with E-state index in [1.165, 1.54) is 0 Å². The van der Waals surface area contributed by atoms with Gasteiger partial charge in [0, 0.05) is 11.4 Å². The summed E-state index contributed by atoms with van der Waals surface area (Å²) in [6.45, 7) is 12.6. The predicted molar refractivity (Wildman–Crippen MR) is 86.0 cm³/mol. The van der Waals surface area contributed by atoms with E-state index in [1.807, 2.05) is 18.2 Å². The van der Waals surface area contributed by atoms with Gasteiger partial charge in [0.25, 0.3) is 0 Å². The van der Waals surface area contributed by atoms with E-state index in [1.54, 1.807) is 0 Å². The van der Waals surface area contributed by atoms with Crippen molar-refractivity contribution >= 4 is 17.3 Å². The van der Waals surface area contributed by atoms with Crippen molar-refractivity contribution in [2.45, 2.75) is 40.0 Å². The standard InChI is InChI=1S/C16H27N3O/c1-6-19(7-2)11-15(20)18-14-10-12(17)8-9-13(14)16(3,4)5/h8-10H,6-7,11,17H2,1-5H3,(H,18,20). The van der Waals surface area contributed by atoms with Gasteiger partial charge in [0.2, 0.25) is 5.91 Å². The number of anilines is 2. The Labute approximate surface area is 122 Å². The Kier molecular flexibility index (Phi) is 5.57. The fraction of sp³-hybridized carbons (Fsp3) is 0.562. The van der Waals surface area contributed by atoms with E-state index in [9.17, 15) is 4.79 Å². The van der Waals surface area contributed by atoms with Gasteiger partial charge >= 0.3 is 0 Å². The van der Waals surface area contributed by atoms with Crippen LogP contribution in [0.5, 0.6) is 0 Å². The number of nitrogens with one attached hydrogen (secondary N) is 1. The number of carbonyl (C=O) groups excluding carboxylic acids is 1. The van der Waals surface area contributed by atoms with E-state index < -0.39 is 0 Å². The molecule has 0 bridgehead atoms. The molecule has 0 saturated carbocycles. The summed E-state index contributed by atoms with van der Waals surface area (Å²) >= 11 is 0. The van der Waals surface area contributed by atoms with E-state index in [2.05, 4.69) is 44.8 Å². The van der Waals surface area contributed by atoms with Crippen LogP contribution >= 0.6 is 0 Å². The summed E-state index contributed by atoms with van der Waals surface area (Å²) < 4.78 is 0.